The molecule has 7 nitrogen and oxygen atoms in total. The Kier molecular flexibility index (Phi) is 6.02. The number of nitrogens with zero attached hydrogens (tertiary/aromatic N) is 3. The molecule has 1 unspecified atom stereocenters. The molecule has 160 valence electrons. The van der Waals surface area contributed by atoms with E-state index in [1.807, 2.05) is 73.5 Å². The van der Waals surface area contributed by atoms with Gasteiger partial charge in [-0.1, -0.05) is 18.2 Å². The summed E-state index contributed by atoms with van der Waals surface area (Å²) in [5.74, 6) is 0.0304. The summed E-state index contributed by atoms with van der Waals surface area (Å²) in [6, 6.07) is 14.7. The van der Waals surface area contributed by atoms with Gasteiger partial charge in [0.05, 0.1) is 11.7 Å². The summed E-state index contributed by atoms with van der Waals surface area (Å²) in [4.78, 5) is 27.3. The molecule has 2 heterocycles. The predicted molar refractivity (Wildman–Crippen MR) is 120 cm³/mol. The average molecular weight is 418 g/mol. The van der Waals surface area contributed by atoms with Crippen LogP contribution in [0.25, 0.3) is 5.69 Å². The smallest absolute Gasteiger partial charge is 0.319 e. The predicted octanol–water partition coefficient (Wildman–Crippen LogP) is 4.30. The number of hydrogen-bond acceptors (Lipinski definition) is 3. The van der Waals surface area contributed by atoms with Gasteiger partial charge in [-0.25, -0.2) is 9.48 Å². The Morgan fingerprint density at radius 1 is 1.06 bits per heavy atom. The highest BCUT2D eigenvalue weighted by atomic mass is 16.2. The van der Waals surface area contributed by atoms with Crippen molar-refractivity contribution in [2.75, 3.05) is 18.4 Å². The van der Waals surface area contributed by atoms with Crippen molar-refractivity contribution >= 4 is 17.6 Å². The summed E-state index contributed by atoms with van der Waals surface area (Å²) in [6.45, 7) is 5.40. The fraction of sp³-hybridized carbons (Fsp3) is 0.292. The van der Waals surface area contributed by atoms with Crippen molar-refractivity contribution in [2.24, 2.45) is 0 Å². The molecule has 0 aliphatic carbocycles. The molecular formula is C24H27N5O2. The quantitative estimate of drug-likeness (QED) is 0.650. The number of anilines is 1. The first-order valence-electron chi connectivity index (χ1n) is 10.6. The summed E-state index contributed by atoms with van der Waals surface area (Å²) < 4.78 is 1.78. The zero-order valence-corrected chi connectivity index (χ0v) is 17.8. The standard InChI is InChI=1S/C24H27N5O2/c1-17-21(23(30)28-13-3-4-14-28)10-6-11-22(17)27-24(31)26-18(2)19-8-5-9-20(16-19)29-15-7-12-25-29/h5-12,15-16,18H,3-4,13-14H2,1-2H3,(H2,26,27,31). The molecule has 0 saturated carbocycles. The third kappa shape index (κ3) is 4.60. The highest BCUT2D eigenvalue weighted by Gasteiger charge is 2.22. The number of hydrogen-bond donors (Lipinski definition) is 2. The van der Waals surface area contributed by atoms with Crippen LogP contribution in [0, 0.1) is 6.92 Å². The normalized spacial score (nSPS) is 14.3. The molecule has 1 fully saturated rings. The second kappa shape index (κ2) is 9.04. The fourth-order valence-corrected chi connectivity index (χ4v) is 3.89. The molecule has 1 aliphatic heterocycles. The van der Waals surface area contributed by atoms with Gasteiger partial charge in [0.2, 0.25) is 0 Å². The molecule has 2 aromatic carbocycles. The monoisotopic (exact) mass is 417 g/mol. The fourth-order valence-electron chi connectivity index (χ4n) is 3.89. The van der Waals surface area contributed by atoms with Crippen molar-refractivity contribution in [1.29, 1.82) is 0 Å². The van der Waals surface area contributed by atoms with Crippen LogP contribution in [-0.2, 0) is 0 Å². The zero-order chi connectivity index (χ0) is 21.8. The van der Waals surface area contributed by atoms with E-state index >= 15 is 0 Å². The van der Waals surface area contributed by atoms with Gasteiger partial charge in [0.1, 0.15) is 0 Å². The number of urea groups is 1. The zero-order valence-electron chi connectivity index (χ0n) is 17.8. The number of nitrogens with one attached hydrogen (secondary N) is 2. The van der Waals surface area contributed by atoms with E-state index in [-0.39, 0.29) is 18.0 Å². The lowest BCUT2D eigenvalue weighted by molar-refractivity contribution is 0.0792. The SMILES string of the molecule is Cc1c(NC(=O)NC(C)c2cccc(-n3cccn3)c2)cccc1C(=O)N1CCCC1. The van der Waals surface area contributed by atoms with E-state index in [4.69, 9.17) is 0 Å². The number of carbonyl (C=O) groups excluding carboxylic acids is 2. The first-order valence-corrected chi connectivity index (χ1v) is 10.6. The van der Waals surface area contributed by atoms with Gasteiger partial charge >= 0.3 is 6.03 Å². The lowest BCUT2D eigenvalue weighted by Gasteiger charge is -2.19. The third-order valence-electron chi connectivity index (χ3n) is 5.69. The second-order valence-electron chi connectivity index (χ2n) is 7.84. The minimum atomic E-state index is -0.314. The lowest BCUT2D eigenvalue weighted by Crippen LogP contribution is -2.32. The highest BCUT2D eigenvalue weighted by Crippen LogP contribution is 2.23. The number of aromatic nitrogens is 2. The molecule has 31 heavy (non-hydrogen) atoms. The van der Waals surface area contributed by atoms with Crippen LogP contribution in [-0.4, -0.2) is 39.7 Å². The second-order valence-corrected chi connectivity index (χ2v) is 7.84. The highest BCUT2D eigenvalue weighted by molar-refractivity contribution is 5.99. The van der Waals surface area contributed by atoms with Crippen LogP contribution in [0.3, 0.4) is 0 Å². The maximum absolute atomic E-state index is 12.8. The van der Waals surface area contributed by atoms with Crippen LogP contribution in [0.4, 0.5) is 10.5 Å². The summed E-state index contributed by atoms with van der Waals surface area (Å²) in [5.41, 5.74) is 3.96. The van der Waals surface area contributed by atoms with E-state index in [2.05, 4.69) is 15.7 Å². The van der Waals surface area contributed by atoms with E-state index in [0.29, 0.717) is 11.3 Å². The van der Waals surface area contributed by atoms with Crippen LogP contribution in [0.2, 0.25) is 0 Å². The van der Waals surface area contributed by atoms with Crippen molar-refractivity contribution in [1.82, 2.24) is 20.0 Å². The molecule has 1 atom stereocenters. The minimum Gasteiger partial charge on any atom is -0.339 e. The molecule has 2 N–H and O–H groups in total. The van der Waals surface area contributed by atoms with Gasteiger partial charge < -0.3 is 15.5 Å². The molecule has 0 radical (unpaired) electrons. The lowest BCUT2D eigenvalue weighted by atomic mass is 10.1. The first kappa shape index (κ1) is 20.7. The van der Waals surface area contributed by atoms with Crippen LogP contribution < -0.4 is 10.6 Å². The number of likely N-dealkylation sites (tertiary alicyclic amines) is 1. The number of carbonyl (C=O) groups is 2. The van der Waals surface area contributed by atoms with E-state index in [9.17, 15) is 9.59 Å². The third-order valence-corrected chi connectivity index (χ3v) is 5.69. The molecule has 4 rings (SSSR count). The van der Waals surface area contributed by atoms with E-state index in [0.717, 1.165) is 42.7 Å². The van der Waals surface area contributed by atoms with Gasteiger partial charge in [-0.3, -0.25) is 4.79 Å². The first-order chi connectivity index (χ1) is 15.0. The number of benzene rings is 2. The molecule has 0 spiro atoms. The Hall–Kier alpha value is -3.61. The Bertz CT molecular complexity index is 1070. The van der Waals surface area contributed by atoms with E-state index < -0.39 is 0 Å². The minimum absolute atomic E-state index is 0.0304. The van der Waals surface area contributed by atoms with Gasteiger partial charge in [0, 0.05) is 36.7 Å². The Morgan fingerprint density at radius 2 is 1.84 bits per heavy atom. The number of amides is 3. The summed E-state index contributed by atoms with van der Waals surface area (Å²) in [6.07, 6.45) is 5.70. The Labute approximate surface area is 182 Å². The van der Waals surface area contributed by atoms with Crippen LogP contribution in [0.15, 0.2) is 60.9 Å². The molecular weight excluding hydrogens is 390 g/mol. The van der Waals surface area contributed by atoms with Gasteiger partial charge in [-0.2, -0.15) is 5.10 Å². The van der Waals surface area contributed by atoms with Crippen molar-refractivity contribution in [3.8, 4) is 5.69 Å². The van der Waals surface area contributed by atoms with Crippen LogP contribution >= 0.6 is 0 Å². The molecule has 3 aromatic rings. The maximum Gasteiger partial charge on any atom is 0.319 e. The van der Waals surface area contributed by atoms with Crippen molar-refractivity contribution in [2.45, 2.75) is 32.7 Å². The van der Waals surface area contributed by atoms with Gasteiger partial charge in [0.15, 0.2) is 0 Å². The maximum atomic E-state index is 12.8. The van der Waals surface area contributed by atoms with E-state index in [1.54, 1.807) is 10.9 Å². The van der Waals surface area contributed by atoms with Crippen molar-refractivity contribution in [3.05, 3.63) is 77.6 Å². The largest absolute Gasteiger partial charge is 0.339 e. The van der Waals surface area contributed by atoms with Crippen molar-refractivity contribution in [3.63, 3.8) is 0 Å². The Balaban J connectivity index is 1.44. The van der Waals surface area contributed by atoms with Crippen LogP contribution in [0.1, 0.15) is 47.3 Å². The topological polar surface area (TPSA) is 79.3 Å². The van der Waals surface area contributed by atoms with Crippen molar-refractivity contribution < 1.29 is 9.59 Å². The average Bonchev–Trinajstić information content (AvgIpc) is 3.49. The summed E-state index contributed by atoms with van der Waals surface area (Å²) in [5, 5.41) is 10.1. The van der Waals surface area contributed by atoms with Gasteiger partial charge in [0.25, 0.3) is 5.91 Å². The van der Waals surface area contributed by atoms with Crippen LogP contribution in [0.5, 0.6) is 0 Å². The molecule has 1 aromatic heterocycles. The number of rotatable bonds is 5. The van der Waals surface area contributed by atoms with Gasteiger partial charge in [-0.15, -0.1) is 0 Å². The van der Waals surface area contributed by atoms with E-state index in [1.165, 1.54) is 0 Å². The summed E-state index contributed by atoms with van der Waals surface area (Å²) >= 11 is 0. The molecule has 1 aliphatic rings. The Morgan fingerprint density at radius 3 is 2.58 bits per heavy atom. The molecule has 1 saturated heterocycles. The van der Waals surface area contributed by atoms with Gasteiger partial charge in [-0.05, 0) is 68.1 Å². The molecule has 0 bridgehead atoms. The molecule has 3 amide bonds. The molecule has 7 heteroatoms. The summed E-state index contributed by atoms with van der Waals surface area (Å²) in [7, 11) is 0.